The van der Waals surface area contributed by atoms with Gasteiger partial charge in [-0.3, -0.25) is 0 Å². The molecule has 0 atom stereocenters. The van der Waals surface area contributed by atoms with Gasteiger partial charge in [-0.2, -0.15) is 5.10 Å². The summed E-state index contributed by atoms with van der Waals surface area (Å²) in [4.78, 5) is 0. The molecule has 1 heterocycles. The number of hydrogen-bond acceptors (Lipinski definition) is 3. The Morgan fingerprint density at radius 3 is 2.89 bits per heavy atom. The summed E-state index contributed by atoms with van der Waals surface area (Å²) in [6.45, 7) is 0. The standard InChI is InChI=1S/C13H12ClN3OS/c1-17(13(15)19)16-7-12-6-10(8-18-12)9-3-2-4-11(14)5-9/h2-8H,1H3,(H2,15,19). The van der Waals surface area contributed by atoms with Crippen LogP contribution in [0.5, 0.6) is 0 Å². The van der Waals surface area contributed by atoms with Crippen LogP contribution < -0.4 is 5.73 Å². The van der Waals surface area contributed by atoms with Crippen molar-refractivity contribution in [3.8, 4) is 11.1 Å². The van der Waals surface area contributed by atoms with Crippen molar-refractivity contribution in [1.82, 2.24) is 5.01 Å². The van der Waals surface area contributed by atoms with Crippen molar-refractivity contribution in [1.29, 1.82) is 0 Å². The Bertz CT molecular complexity index is 624. The highest BCUT2D eigenvalue weighted by atomic mass is 35.5. The van der Waals surface area contributed by atoms with E-state index in [0.717, 1.165) is 11.1 Å². The molecule has 0 bridgehead atoms. The average molecular weight is 294 g/mol. The second-order valence-electron chi connectivity index (χ2n) is 3.85. The molecule has 6 heteroatoms. The minimum absolute atomic E-state index is 0.192. The maximum atomic E-state index is 5.95. The molecule has 0 spiro atoms. The molecule has 4 nitrogen and oxygen atoms in total. The lowest BCUT2D eigenvalue weighted by atomic mass is 10.1. The normalized spacial score (nSPS) is 10.8. The van der Waals surface area contributed by atoms with Gasteiger partial charge in [-0.15, -0.1) is 0 Å². The highest BCUT2D eigenvalue weighted by Crippen LogP contribution is 2.24. The third-order valence-corrected chi connectivity index (χ3v) is 2.95. The van der Waals surface area contributed by atoms with Crippen molar-refractivity contribution in [3.05, 3.63) is 47.4 Å². The molecule has 98 valence electrons. The molecule has 0 unspecified atom stereocenters. The van der Waals surface area contributed by atoms with Crippen LogP contribution in [0.3, 0.4) is 0 Å². The van der Waals surface area contributed by atoms with Gasteiger partial charge in [0.2, 0.25) is 0 Å². The van der Waals surface area contributed by atoms with Gasteiger partial charge in [0.05, 0.1) is 12.5 Å². The SMILES string of the molecule is CN(N=Cc1cc(-c2cccc(Cl)c2)co1)C(N)=S. The van der Waals surface area contributed by atoms with E-state index in [9.17, 15) is 0 Å². The number of hydrogen-bond donors (Lipinski definition) is 1. The molecule has 0 aliphatic rings. The van der Waals surface area contributed by atoms with Gasteiger partial charge >= 0.3 is 0 Å². The molecule has 0 radical (unpaired) electrons. The van der Waals surface area contributed by atoms with E-state index < -0.39 is 0 Å². The zero-order valence-corrected chi connectivity index (χ0v) is 11.8. The third-order valence-electron chi connectivity index (χ3n) is 2.45. The van der Waals surface area contributed by atoms with Crippen LogP contribution in [0.15, 0.2) is 46.1 Å². The molecule has 1 aromatic heterocycles. The molecule has 0 amide bonds. The molecular weight excluding hydrogens is 282 g/mol. The van der Waals surface area contributed by atoms with E-state index in [1.807, 2.05) is 30.3 Å². The highest BCUT2D eigenvalue weighted by molar-refractivity contribution is 7.80. The Hall–Kier alpha value is -1.85. The highest BCUT2D eigenvalue weighted by Gasteiger charge is 2.03. The number of hydrazone groups is 1. The van der Waals surface area contributed by atoms with Crippen molar-refractivity contribution in [2.45, 2.75) is 0 Å². The van der Waals surface area contributed by atoms with E-state index in [2.05, 4.69) is 5.10 Å². The first kappa shape index (κ1) is 13.6. The molecule has 0 aliphatic carbocycles. The molecule has 0 aliphatic heterocycles. The van der Waals surface area contributed by atoms with E-state index in [0.29, 0.717) is 10.8 Å². The Labute approximate surface area is 121 Å². The van der Waals surface area contributed by atoms with Crippen LogP contribution in [-0.2, 0) is 0 Å². The third kappa shape index (κ3) is 3.56. The van der Waals surface area contributed by atoms with Crippen LogP contribution in [0, 0.1) is 0 Å². The number of benzene rings is 1. The van der Waals surface area contributed by atoms with E-state index in [1.165, 1.54) is 5.01 Å². The van der Waals surface area contributed by atoms with E-state index in [-0.39, 0.29) is 5.11 Å². The van der Waals surface area contributed by atoms with Crippen molar-refractivity contribution in [2.24, 2.45) is 10.8 Å². The smallest absolute Gasteiger partial charge is 0.186 e. The van der Waals surface area contributed by atoms with E-state index in [4.69, 9.17) is 34.0 Å². The molecular formula is C13H12ClN3OS. The molecule has 0 saturated heterocycles. The fourth-order valence-electron chi connectivity index (χ4n) is 1.44. The summed E-state index contributed by atoms with van der Waals surface area (Å²) in [5.41, 5.74) is 7.33. The summed E-state index contributed by atoms with van der Waals surface area (Å²) in [5.74, 6) is 0.609. The van der Waals surface area contributed by atoms with Gasteiger partial charge in [0.1, 0.15) is 5.76 Å². The lowest BCUT2D eigenvalue weighted by molar-refractivity contribution is 0.536. The first-order valence-corrected chi connectivity index (χ1v) is 6.26. The first-order valence-electron chi connectivity index (χ1n) is 5.48. The van der Waals surface area contributed by atoms with Gasteiger partial charge in [-0.1, -0.05) is 23.7 Å². The summed E-state index contributed by atoms with van der Waals surface area (Å²) >= 11 is 10.7. The predicted molar refractivity (Wildman–Crippen MR) is 81.3 cm³/mol. The van der Waals surface area contributed by atoms with Crippen molar-refractivity contribution >= 4 is 35.1 Å². The number of rotatable bonds is 3. The summed E-state index contributed by atoms with van der Waals surface area (Å²) in [7, 11) is 1.67. The Balaban J connectivity index is 2.18. The van der Waals surface area contributed by atoms with Gasteiger partial charge in [0, 0.05) is 17.6 Å². The molecule has 1 aromatic carbocycles. The van der Waals surface area contributed by atoms with Crippen LogP contribution >= 0.6 is 23.8 Å². The average Bonchev–Trinajstić information content (AvgIpc) is 2.84. The largest absolute Gasteiger partial charge is 0.463 e. The minimum atomic E-state index is 0.192. The predicted octanol–water partition coefficient (Wildman–Crippen LogP) is 3.11. The fraction of sp³-hybridized carbons (Fsp3) is 0.0769. The lowest BCUT2D eigenvalue weighted by Gasteiger charge is -2.07. The van der Waals surface area contributed by atoms with Crippen LogP contribution in [0.4, 0.5) is 0 Å². The molecule has 2 rings (SSSR count). The first-order chi connectivity index (χ1) is 9.06. The van der Waals surface area contributed by atoms with E-state index in [1.54, 1.807) is 19.5 Å². The summed E-state index contributed by atoms with van der Waals surface area (Å²) in [6.07, 6.45) is 3.20. The van der Waals surface area contributed by atoms with Crippen LogP contribution in [0.1, 0.15) is 5.76 Å². The van der Waals surface area contributed by atoms with Crippen LogP contribution in [0.25, 0.3) is 11.1 Å². The molecule has 19 heavy (non-hydrogen) atoms. The number of nitrogens with zero attached hydrogens (tertiary/aromatic N) is 2. The maximum absolute atomic E-state index is 5.95. The number of halogens is 1. The fourth-order valence-corrected chi connectivity index (χ4v) is 1.68. The summed E-state index contributed by atoms with van der Waals surface area (Å²) < 4.78 is 5.39. The van der Waals surface area contributed by atoms with Crippen LogP contribution in [-0.4, -0.2) is 23.4 Å². The topological polar surface area (TPSA) is 54.8 Å². The van der Waals surface area contributed by atoms with Crippen LogP contribution in [0.2, 0.25) is 5.02 Å². The van der Waals surface area contributed by atoms with Gasteiger partial charge in [-0.05, 0) is 36.0 Å². The zero-order chi connectivity index (χ0) is 13.8. The van der Waals surface area contributed by atoms with Crippen molar-refractivity contribution in [2.75, 3.05) is 7.05 Å². The monoisotopic (exact) mass is 293 g/mol. The van der Waals surface area contributed by atoms with Crippen molar-refractivity contribution < 1.29 is 4.42 Å². The summed E-state index contributed by atoms with van der Waals surface area (Å²) in [5, 5.41) is 6.30. The van der Waals surface area contributed by atoms with Gasteiger partial charge in [0.25, 0.3) is 0 Å². The maximum Gasteiger partial charge on any atom is 0.186 e. The molecule has 0 fully saturated rings. The molecule has 0 saturated carbocycles. The zero-order valence-electron chi connectivity index (χ0n) is 10.2. The van der Waals surface area contributed by atoms with Gasteiger partial charge < -0.3 is 10.2 Å². The Morgan fingerprint density at radius 2 is 2.21 bits per heavy atom. The van der Waals surface area contributed by atoms with Crippen molar-refractivity contribution in [3.63, 3.8) is 0 Å². The minimum Gasteiger partial charge on any atom is -0.463 e. The Morgan fingerprint density at radius 1 is 1.42 bits per heavy atom. The van der Waals surface area contributed by atoms with Gasteiger partial charge in [0.15, 0.2) is 5.11 Å². The summed E-state index contributed by atoms with van der Waals surface area (Å²) in [6, 6.07) is 9.40. The number of furan rings is 1. The second-order valence-corrected chi connectivity index (χ2v) is 4.71. The number of thiocarbonyl (C=S) groups is 1. The second kappa shape index (κ2) is 5.86. The molecule has 2 aromatic rings. The lowest BCUT2D eigenvalue weighted by Crippen LogP contribution is -2.26. The number of nitrogens with two attached hydrogens (primary N) is 1. The quantitative estimate of drug-likeness (QED) is 0.537. The van der Waals surface area contributed by atoms with E-state index >= 15 is 0 Å². The Kier molecular flexibility index (Phi) is 4.19. The molecule has 2 N–H and O–H groups in total. The van der Waals surface area contributed by atoms with Gasteiger partial charge in [-0.25, -0.2) is 5.01 Å².